The molecule has 0 aliphatic carbocycles. The van der Waals surface area contributed by atoms with Crippen molar-refractivity contribution >= 4 is 0 Å². The molecule has 0 aromatic carbocycles. The van der Waals surface area contributed by atoms with Crippen LogP contribution in [0.25, 0.3) is 0 Å². The maximum Gasteiger partial charge on any atom is 0.0946 e. The summed E-state index contributed by atoms with van der Waals surface area (Å²) in [7, 11) is 3.93. The predicted molar refractivity (Wildman–Crippen MR) is 52.1 cm³/mol. The van der Waals surface area contributed by atoms with Crippen molar-refractivity contribution in [2.45, 2.75) is 6.42 Å². The van der Waals surface area contributed by atoms with Gasteiger partial charge in [0.1, 0.15) is 0 Å². The predicted octanol–water partition coefficient (Wildman–Crippen LogP) is 0.984. The molecule has 0 saturated carbocycles. The molecule has 1 aromatic heterocycles. The lowest BCUT2D eigenvalue weighted by Crippen LogP contribution is -2.10. The molecule has 68 valence electrons. The van der Waals surface area contributed by atoms with Crippen LogP contribution < -0.4 is 5.32 Å². The van der Waals surface area contributed by atoms with Crippen molar-refractivity contribution in [1.29, 1.82) is 0 Å². The molecule has 0 aliphatic rings. The lowest BCUT2D eigenvalue weighted by atomic mass is 10.3. The first kappa shape index (κ1) is 10.9. The number of likely N-dealkylation sites (N-methyl/N-ethyl adjacent to an activating group) is 1. The van der Waals surface area contributed by atoms with E-state index < -0.39 is 0 Å². The molecule has 1 heterocycles. The summed E-state index contributed by atoms with van der Waals surface area (Å²) in [6.07, 6.45) is 4.87. The topological polar surface area (TPSA) is 29.9 Å². The van der Waals surface area contributed by atoms with E-state index in [0.717, 1.165) is 18.7 Å². The molecule has 3 heteroatoms. The standard InChI is InChI=1S/C7H13N3.C2H4/c1-8-4-3-7-5-10(2)6-9-7;1-2/h5-6,8H,3-4H2,1-2H3;1-2H2. The fraction of sp³-hybridized carbons (Fsp3) is 0.444. The zero-order valence-electron chi connectivity index (χ0n) is 7.88. The van der Waals surface area contributed by atoms with E-state index in [1.807, 2.05) is 31.2 Å². The Morgan fingerprint density at radius 2 is 2.25 bits per heavy atom. The zero-order chi connectivity index (χ0) is 9.40. The van der Waals surface area contributed by atoms with Crippen LogP contribution in [0.15, 0.2) is 25.7 Å². The molecule has 0 unspecified atom stereocenters. The number of imidazole rings is 1. The summed E-state index contributed by atoms with van der Waals surface area (Å²) in [6.45, 7) is 7.00. The number of nitrogens with one attached hydrogen (secondary N) is 1. The molecule has 3 nitrogen and oxygen atoms in total. The summed E-state index contributed by atoms with van der Waals surface area (Å²) in [5.74, 6) is 0. The van der Waals surface area contributed by atoms with Gasteiger partial charge in [0.15, 0.2) is 0 Å². The van der Waals surface area contributed by atoms with Crippen LogP contribution in [0, 0.1) is 0 Å². The second kappa shape index (κ2) is 6.61. The summed E-state index contributed by atoms with van der Waals surface area (Å²) in [4.78, 5) is 4.18. The van der Waals surface area contributed by atoms with Gasteiger partial charge >= 0.3 is 0 Å². The molecule has 0 spiro atoms. The normalized spacial score (nSPS) is 8.83. The van der Waals surface area contributed by atoms with Gasteiger partial charge in [-0.25, -0.2) is 4.98 Å². The van der Waals surface area contributed by atoms with Crippen molar-refractivity contribution < 1.29 is 0 Å². The summed E-state index contributed by atoms with van der Waals surface area (Å²) < 4.78 is 1.96. The van der Waals surface area contributed by atoms with Gasteiger partial charge < -0.3 is 9.88 Å². The van der Waals surface area contributed by atoms with Crippen LogP contribution >= 0.6 is 0 Å². The first-order valence-electron chi connectivity index (χ1n) is 3.94. The molecular formula is C9H17N3. The van der Waals surface area contributed by atoms with Crippen molar-refractivity contribution in [3.63, 3.8) is 0 Å². The Labute approximate surface area is 74.1 Å². The fourth-order valence-corrected chi connectivity index (χ4v) is 0.849. The Morgan fingerprint density at radius 1 is 1.58 bits per heavy atom. The van der Waals surface area contributed by atoms with Crippen LogP contribution in [0.3, 0.4) is 0 Å². The van der Waals surface area contributed by atoms with Gasteiger partial charge in [0.2, 0.25) is 0 Å². The number of hydrogen-bond donors (Lipinski definition) is 1. The quantitative estimate of drug-likeness (QED) is 0.680. The minimum absolute atomic E-state index is 0.997. The first-order valence-corrected chi connectivity index (χ1v) is 3.94. The van der Waals surface area contributed by atoms with Crippen molar-refractivity contribution in [3.8, 4) is 0 Å². The number of nitrogens with zero attached hydrogens (tertiary/aromatic N) is 2. The van der Waals surface area contributed by atoms with Crippen LogP contribution in [0.1, 0.15) is 5.69 Å². The van der Waals surface area contributed by atoms with Crippen LogP contribution in [-0.4, -0.2) is 23.1 Å². The fourth-order valence-electron chi connectivity index (χ4n) is 0.849. The second-order valence-electron chi connectivity index (χ2n) is 2.38. The van der Waals surface area contributed by atoms with Gasteiger partial charge in [-0.2, -0.15) is 0 Å². The molecule has 1 N–H and O–H groups in total. The van der Waals surface area contributed by atoms with Crippen LogP contribution in [-0.2, 0) is 13.5 Å². The second-order valence-corrected chi connectivity index (χ2v) is 2.38. The average Bonchev–Trinajstić information content (AvgIpc) is 2.51. The smallest absolute Gasteiger partial charge is 0.0946 e. The SMILES string of the molecule is C=C.CNCCc1cn(C)cn1. The minimum atomic E-state index is 0.997. The van der Waals surface area contributed by atoms with Crippen molar-refractivity contribution in [1.82, 2.24) is 14.9 Å². The molecule has 0 aliphatic heterocycles. The Balaban J connectivity index is 0.000000561. The van der Waals surface area contributed by atoms with E-state index in [1.54, 1.807) is 0 Å². The van der Waals surface area contributed by atoms with E-state index in [2.05, 4.69) is 23.5 Å². The monoisotopic (exact) mass is 167 g/mol. The van der Waals surface area contributed by atoms with Crippen LogP contribution in [0.4, 0.5) is 0 Å². The van der Waals surface area contributed by atoms with Crippen molar-refractivity contribution in [3.05, 3.63) is 31.4 Å². The molecule has 1 rings (SSSR count). The Bertz CT molecular complexity index is 205. The largest absolute Gasteiger partial charge is 0.340 e. The molecule has 0 radical (unpaired) electrons. The lowest BCUT2D eigenvalue weighted by Gasteiger charge is -1.92. The van der Waals surface area contributed by atoms with E-state index in [1.165, 1.54) is 0 Å². The van der Waals surface area contributed by atoms with E-state index in [4.69, 9.17) is 0 Å². The summed E-state index contributed by atoms with van der Waals surface area (Å²) >= 11 is 0. The van der Waals surface area contributed by atoms with Gasteiger partial charge in [-0.3, -0.25) is 0 Å². The number of hydrogen-bond acceptors (Lipinski definition) is 2. The van der Waals surface area contributed by atoms with E-state index in [-0.39, 0.29) is 0 Å². The molecule has 12 heavy (non-hydrogen) atoms. The molecule has 1 aromatic rings. The highest BCUT2D eigenvalue weighted by molar-refractivity contribution is 4.96. The Hall–Kier alpha value is -1.09. The molecule has 0 atom stereocenters. The maximum absolute atomic E-state index is 4.18. The van der Waals surface area contributed by atoms with E-state index >= 15 is 0 Å². The Kier molecular flexibility index (Phi) is 6.01. The molecule has 0 fully saturated rings. The minimum Gasteiger partial charge on any atom is -0.340 e. The highest BCUT2D eigenvalue weighted by Crippen LogP contribution is 1.93. The molecule has 0 amide bonds. The van der Waals surface area contributed by atoms with E-state index in [9.17, 15) is 0 Å². The molecule has 0 bridgehead atoms. The van der Waals surface area contributed by atoms with Gasteiger partial charge in [0, 0.05) is 26.2 Å². The Morgan fingerprint density at radius 3 is 2.67 bits per heavy atom. The van der Waals surface area contributed by atoms with Crippen LogP contribution in [0.2, 0.25) is 0 Å². The van der Waals surface area contributed by atoms with E-state index in [0.29, 0.717) is 0 Å². The third kappa shape index (κ3) is 3.93. The number of rotatable bonds is 3. The number of aromatic nitrogens is 2. The maximum atomic E-state index is 4.18. The first-order chi connectivity index (χ1) is 5.83. The van der Waals surface area contributed by atoms with Gasteiger partial charge in [0.05, 0.1) is 12.0 Å². The summed E-state index contributed by atoms with van der Waals surface area (Å²) in [5.41, 5.74) is 1.15. The summed E-state index contributed by atoms with van der Waals surface area (Å²) in [6, 6.07) is 0. The van der Waals surface area contributed by atoms with Crippen molar-refractivity contribution in [2.24, 2.45) is 7.05 Å². The van der Waals surface area contributed by atoms with Crippen LogP contribution in [0.5, 0.6) is 0 Å². The third-order valence-corrected chi connectivity index (χ3v) is 1.39. The molecule has 0 saturated heterocycles. The molecular weight excluding hydrogens is 150 g/mol. The lowest BCUT2D eigenvalue weighted by molar-refractivity contribution is 0.779. The van der Waals surface area contributed by atoms with Gasteiger partial charge in [-0.1, -0.05) is 0 Å². The number of aryl methyl sites for hydroxylation is 1. The zero-order valence-corrected chi connectivity index (χ0v) is 7.88. The third-order valence-electron chi connectivity index (χ3n) is 1.39. The van der Waals surface area contributed by atoms with Gasteiger partial charge in [-0.15, -0.1) is 13.2 Å². The summed E-state index contributed by atoms with van der Waals surface area (Å²) in [5, 5.41) is 3.08. The average molecular weight is 167 g/mol. The van der Waals surface area contributed by atoms with Crippen molar-refractivity contribution in [2.75, 3.05) is 13.6 Å². The highest BCUT2D eigenvalue weighted by atomic mass is 15.0. The van der Waals surface area contributed by atoms with Gasteiger partial charge in [-0.05, 0) is 7.05 Å². The highest BCUT2D eigenvalue weighted by Gasteiger charge is 1.93. The van der Waals surface area contributed by atoms with Gasteiger partial charge in [0.25, 0.3) is 0 Å².